The molecule has 1 fully saturated rings. The number of nitrogens with one attached hydrogen (secondary N) is 2. The summed E-state index contributed by atoms with van der Waals surface area (Å²) >= 11 is 0. The molecule has 0 aromatic rings. The topological polar surface area (TPSA) is 44.4 Å². The number of unbranched alkanes of at least 4 members (excludes halogenated alkanes) is 1. The SMILES string of the molecule is CC(C)N(C)CCCCNC(=O)C(C)(C)C1CCCNC1. The van der Waals surface area contributed by atoms with E-state index < -0.39 is 0 Å². The fourth-order valence-electron chi connectivity index (χ4n) is 2.83. The van der Waals surface area contributed by atoms with Crippen LogP contribution in [0.2, 0.25) is 0 Å². The molecule has 1 saturated heterocycles. The maximum absolute atomic E-state index is 12.4. The van der Waals surface area contributed by atoms with Crippen LogP contribution in [0.3, 0.4) is 0 Å². The Labute approximate surface area is 131 Å². The molecule has 0 aliphatic carbocycles. The lowest BCUT2D eigenvalue weighted by Crippen LogP contribution is -2.47. The Morgan fingerprint density at radius 2 is 2.10 bits per heavy atom. The molecule has 2 N–H and O–H groups in total. The molecule has 0 aromatic carbocycles. The van der Waals surface area contributed by atoms with E-state index in [1.165, 1.54) is 6.42 Å². The molecule has 21 heavy (non-hydrogen) atoms. The Morgan fingerprint density at radius 3 is 2.67 bits per heavy atom. The van der Waals surface area contributed by atoms with Crippen molar-refractivity contribution in [3.63, 3.8) is 0 Å². The molecule has 1 aliphatic rings. The van der Waals surface area contributed by atoms with Gasteiger partial charge in [-0.1, -0.05) is 13.8 Å². The number of piperidine rings is 1. The molecule has 1 rings (SSSR count). The van der Waals surface area contributed by atoms with Crippen LogP contribution in [0.15, 0.2) is 0 Å². The smallest absolute Gasteiger partial charge is 0.225 e. The average Bonchev–Trinajstić information content (AvgIpc) is 2.47. The molecule has 1 heterocycles. The molecular weight excluding hydrogens is 262 g/mol. The molecule has 4 heteroatoms. The molecule has 1 unspecified atom stereocenters. The molecular formula is C17H35N3O. The largest absolute Gasteiger partial charge is 0.356 e. The van der Waals surface area contributed by atoms with E-state index in [9.17, 15) is 4.79 Å². The van der Waals surface area contributed by atoms with E-state index in [2.05, 4.69) is 50.3 Å². The third-order valence-electron chi connectivity index (χ3n) is 5.01. The summed E-state index contributed by atoms with van der Waals surface area (Å²) in [5, 5.41) is 6.55. The lowest BCUT2D eigenvalue weighted by molar-refractivity contribution is -0.132. The van der Waals surface area contributed by atoms with Gasteiger partial charge in [0, 0.05) is 18.0 Å². The molecule has 0 radical (unpaired) electrons. The van der Waals surface area contributed by atoms with Crippen molar-refractivity contribution < 1.29 is 4.79 Å². The Morgan fingerprint density at radius 1 is 1.38 bits per heavy atom. The summed E-state index contributed by atoms with van der Waals surface area (Å²) in [6.45, 7) is 12.6. The monoisotopic (exact) mass is 297 g/mol. The molecule has 0 bridgehead atoms. The normalized spacial score (nSPS) is 20.0. The highest BCUT2D eigenvalue weighted by atomic mass is 16.2. The van der Waals surface area contributed by atoms with Gasteiger partial charge in [-0.05, 0) is 72.1 Å². The lowest BCUT2D eigenvalue weighted by Gasteiger charge is -2.36. The maximum Gasteiger partial charge on any atom is 0.225 e. The first-order valence-corrected chi connectivity index (χ1v) is 8.55. The number of amides is 1. The van der Waals surface area contributed by atoms with E-state index in [1.54, 1.807) is 0 Å². The molecule has 1 amide bonds. The number of carbonyl (C=O) groups excluding carboxylic acids is 1. The van der Waals surface area contributed by atoms with E-state index in [0.717, 1.165) is 45.4 Å². The Balaban J connectivity index is 2.23. The predicted molar refractivity (Wildman–Crippen MR) is 89.4 cm³/mol. The number of nitrogens with zero attached hydrogens (tertiary/aromatic N) is 1. The van der Waals surface area contributed by atoms with Crippen LogP contribution in [0.25, 0.3) is 0 Å². The second kappa shape index (κ2) is 8.74. The van der Waals surface area contributed by atoms with Gasteiger partial charge in [0.05, 0.1) is 0 Å². The van der Waals surface area contributed by atoms with Gasteiger partial charge in [-0.2, -0.15) is 0 Å². The van der Waals surface area contributed by atoms with Crippen molar-refractivity contribution in [1.29, 1.82) is 0 Å². The van der Waals surface area contributed by atoms with Gasteiger partial charge in [0.15, 0.2) is 0 Å². The van der Waals surface area contributed by atoms with Crippen LogP contribution in [0.5, 0.6) is 0 Å². The number of rotatable bonds is 8. The van der Waals surface area contributed by atoms with Crippen molar-refractivity contribution >= 4 is 5.91 Å². The van der Waals surface area contributed by atoms with Gasteiger partial charge in [0.1, 0.15) is 0 Å². The minimum Gasteiger partial charge on any atom is -0.356 e. The van der Waals surface area contributed by atoms with E-state index >= 15 is 0 Å². The minimum atomic E-state index is -0.262. The van der Waals surface area contributed by atoms with Crippen molar-refractivity contribution in [1.82, 2.24) is 15.5 Å². The Kier molecular flexibility index (Phi) is 7.67. The van der Waals surface area contributed by atoms with Crippen LogP contribution >= 0.6 is 0 Å². The summed E-state index contributed by atoms with van der Waals surface area (Å²) in [5.74, 6) is 0.673. The molecule has 4 nitrogen and oxygen atoms in total. The highest BCUT2D eigenvalue weighted by Crippen LogP contribution is 2.31. The third-order valence-corrected chi connectivity index (χ3v) is 5.01. The summed E-state index contributed by atoms with van der Waals surface area (Å²) in [6.07, 6.45) is 4.54. The molecule has 0 spiro atoms. The first kappa shape index (κ1) is 18.4. The minimum absolute atomic E-state index is 0.216. The third kappa shape index (κ3) is 5.95. The second-order valence-corrected chi connectivity index (χ2v) is 7.30. The quantitative estimate of drug-likeness (QED) is 0.675. The van der Waals surface area contributed by atoms with Crippen LogP contribution < -0.4 is 10.6 Å². The van der Waals surface area contributed by atoms with Crippen LogP contribution in [0.4, 0.5) is 0 Å². The van der Waals surface area contributed by atoms with E-state index in [0.29, 0.717) is 12.0 Å². The first-order valence-electron chi connectivity index (χ1n) is 8.55. The summed E-state index contributed by atoms with van der Waals surface area (Å²) in [6, 6.07) is 0.595. The molecule has 124 valence electrons. The maximum atomic E-state index is 12.4. The van der Waals surface area contributed by atoms with Gasteiger partial charge >= 0.3 is 0 Å². The summed E-state index contributed by atoms with van der Waals surface area (Å²) < 4.78 is 0. The van der Waals surface area contributed by atoms with Crippen molar-refractivity contribution in [3.05, 3.63) is 0 Å². The van der Waals surface area contributed by atoms with E-state index in [-0.39, 0.29) is 11.3 Å². The second-order valence-electron chi connectivity index (χ2n) is 7.30. The van der Waals surface area contributed by atoms with Crippen LogP contribution in [0.1, 0.15) is 53.4 Å². The summed E-state index contributed by atoms with van der Waals surface area (Å²) in [4.78, 5) is 14.8. The average molecular weight is 297 g/mol. The molecule has 1 aliphatic heterocycles. The van der Waals surface area contributed by atoms with Gasteiger partial charge in [-0.25, -0.2) is 0 Å². The fraction of sp³-hybridized carbons (Fsp3) is 0.941. The first-order chi connectivity index (χ1) is 9.85. The summed E-state index contributed by atoms with van der Waals surface area (Å²) in [7, 11) is 2.16. The zero-order valence-electron chi connectivity index (χ0n) is 14.7. The van der Waals surface area contributed by atoms with Gasteiger partial charge in [0.25, 0.3) is 0 Å². The highest BCUT2D eigenvalue weighted by Gasteiger charge is 2.36. The van der Waals surface area contributed by atoms with Crippen LogP contribution in [-0.2, 0) is 4.79 Å². The number of carbonyl (C=O) groups is 1. The van der Waals surface area contributed by atoms with Crippen molar-refractivity contribution in [3.8, 4) is 0 Å². The van der Waals surface area contributed by atoms with Gasteiger partial charge < -0.3 is 15.5 Å². The van der Waals surface area contributed by atoms with Crippen LogP contribution in [0, 0.1) is 11.3 Å². The fourth-order valence-corrected chi connectivity index (χ4v) is 2.83. The van der Waals surface area contributed by atoms with E-state index in [4.69, 9.17) is 0 Å². The molecule has 1 atom stereocenters. The van der Waals surface area contributed by atoms with Gasteiger partial charge in [-0.3, -0.25) is 4.79 Å². The van der Waals surface area contributed by atoms with Crippen molar-refractivity contribution in [2.45, 2.75) is 59.4 Å². The van der Waals surface area contributed by atoms with Crippen LogP contribution in [-0.4, -0.2) is 50.1 Å². The molecule has 0 saturated carbocycles. The standard InChI is InChI=1S/C17H35N3O/c1-14(2)20(5)12-7-6-11-19-16(21)17(3,4)15-9-8-10-18-13-15/h14-15,18H,6-13H2,1-5H3,(H,19,21). The van der Waals surface area contributed by atoms with Crippen molar-refractivity contribution in [2.75, 3.05) is 33.2 Å². The van der Waals surface area contributed by atoms with Gasteiger partial charge in [0.2, 0.25) is 5.91 Å². The Bertz CT molecular complexity index is 309. The van der Waals surface area contributed by atoms with E-state index in [1.807, 2.05) is 0 Å². The zero-order chi connectivity index (χ0) is 15.9. The molecule has 0 aromatic heterocycles. The lowest BCUT2D eigenvalue weighted by atomic mass is 9.74. The zero-order valence-corrected chi connectivity index (χ0v) is 14.7. The number of hydrogen-bond acceptors (Lipinski definition) is 3. The summed E-state index contributed by atoms with van der Waals surface area (Å²) in [5.41, 5.74) is -0.262. The number of hydrogen-bond donors (Lipinski definition) is 2. The van der Waals surface area contributed by atoms with Gasteiger partial charge in [-0.15, -0.1) is 0 Å². The van der Waals surface area contributed by atoms with Crippen molar-refractivity contribution in [2.24, 2.45) is 11.3 Å². The Hall–Kier alpha value is -0.610. The highest BCUT2D eigenvalue weighted by molar-refractivity contribution is 5.82. The predicted octanol–water partition coefficient (Wildman–Crippen LogP) is 2.25.